The molecule has 2 rings (SSSR count). The van der Waals surface area contributed by atoms with Crippen LogP contribution in [0.4, 0.5) is 5.82 Å². The molecule has 0 atom stereocenters. The monoisotopic (exact) mass is 247 g/mol. The summed E-state index contributed by atoms with van der Waals surface area (Å²) in [4.78, 5) is 19.9. The van der Waals surface area contributed by atoms with Gasteiger partial charge in [0.15, 0.2) is 0 Å². The number of piperazine rings is 1. The molecule has 1 amide bonds. The highest BCUT2D eigenvalue weighted by Gasteiger charge is 2.19. The largest absolute Gasteiger partial charge is 0.353 e. The van der Waals surface area contributed by atoms with E-state index >= 15 is 0 Å². The first-order valence-electron chi connectivity index (χ1n) is 6.66. The highest BCUT2D eigenvalue weighted by atomic mass is 16.2. The van der Waals surface area contributed by atoms with Crippen LogP contribution >= 0.6 is 0 Å². The predicted molar refractivity (Wildman–Crippen MR) is 72.7 cm³/mol. The SMILES string of the molecule is CCCc1ccnc(N2CCN(C(C)=O)CC2)c1. The average molecular weight is 247 g/mol. The topological polar surface area (TPSA) is 36.4 Å². The third-order valence-corrected chi connectivity index (χ3v) is 3.40. The molecule has 18 heavy (non-hydrogen) atoms. The molecule has 1 aromatic rings. The molecule has 1 fully saturated rings. The molecule has 1 aliphatic heterocycles. The molecule has 1 aromatic heterocycles. The fourth-order valence-electron chi connectivity index (χ4n) is 2.33. The van der Waals surface area contributed by atoms with Crippen molar-refractivity contribution < 1.29 is 4.79 Å². The summed E-state index contributed by atoms with van der Waals surface area (Å²) in [5, 5.41) is 0. The average Bonchev–Trinajstić information content (AvgIpc) is 2.39. The second-order valence-corrected chi connectivity index (χ2v) is 4.77. The lowest BCUT2D eigenvalue weighted by atomic mass is 10.1. The van der Waals surface area contributed by atoms with Crippen LogP contribution in [0.25, 0.3) is 0 Å². The molecule has 98 valence electrons. The summed E-state index contributed by atoms with van der Waals surface area (Å²) in [7, 11) is 0. The number of hydrogen-bond donors (Lipinski definition) is 0. The summed E-state index contributed by atoms with van der Waals surface area (Å²) in [5.74, 6) is 1.21. The first kappa shape index (κ1) is 12.9. The number of aromatic nitrogens is 1. The first-order chi connectivity index (χ1) is 8.70. The van der Waals surface area contributed by atoms with E-state index in [1.54, 1.807) is 6.92 Å². The molecule has 4 nitrogen and oxygen atoms in total. The number of aryl methyl sites for hydroxylation is 1. The Labute approximate surface area is 109 Å². The van der Waals surface area contributed by atoms with E-state index < -0.39 is 0 Å². The summed E-state index contributed by atoms with van der Waals surface area (Å²) in [6.07, 6.45) is 4.14. The summed E-state index contributed by atoms with van der Waals surface area (Å²) >= 11 is 0. The van der Waals surface area contributed by atoms with E-state index in [2.05, 4.69) is 28.9 Å². The normalized spacial score (nSPS) is 15.9. The third kappa shape index (κ3) is 3.00. The summed E-state index contributed by atoms with van der Waals surface area (Å²) in [6.45, 7) is 7.18. The molecule has 0 spiro atoms. The maximum atomic E-state index is 11.3. The third-order valence-electron chi connectivity index (χ3n) is 3.40. The zero-order valence-electron chi connectivity index (χ0n) is 11.2. The molecule has 4 heteroatoms. The lowest BCUT2D eigenvalue weighted by Gasteiger charge is -2.35. The van der Waals surface area contributed by atoms with E-state index in [-0.39, 0.29) is 5.91 Å². The molecule has 1 aliphatic rings. The van der Waals surface area contributed by atoms with Crippen molar-refractivity contribution in [3.8, 4) is 0 Å². The minimum atomic E-state index is 0.169. The molecule has 1 saturated heterocycles. The number of nitrogens with zero attached hydrogens (tertiary/aromatic N) is 3. The van der Waals surface area contributed by atoms with Crippen LogP contribution < -0.4 is 4.90 Å². The summed E-state index contributed by atoms with van der Waals surface area (Å²) in [6, 6.07) is 4.26. The Morgan fingerprint density at radius 1 is 1.33 bits per heavy atom. The Bertz CT molecular complexity index is 411. The van der Waals surface area contributed by atoms with Gasteiger partial charge in [-0.25, -0.2) is 4.98 Å². The van der Waals surface area contributed by atoms with Gasteiger partial charge in [0.05, 0.1) is 0 Å². The highest BCUT2D eigenvalue weighted by molar-refractivity contribution is 5.73. The first-order valence-corrected chi connectivity index (χ1v) is 6.66. The lowest BCUT2D eigenvalue weighted by Crippen LogP contribution is -2.48. The molecule has 0 aliphatic carbocycles. The van der Waals surface area contributed by atoms with Crippen molar-refractivity contribution in [3.05, 3.63) is 23.9 Å². The van der Waals surface area contributed by atoms with E-state index in [1.807, 2.05) is 11.1 Å². The molecule has 0 radical (unpaired) electrons. The van der Waals surface area contributed by atoms with Gasteiger partial charge in [-0.1, -0.05) is 13.3 Å². The van der Waals surface area contributed by atoms with Crippen LogP contribution in [0.3, 0.4) is 0 Å². The van der Waals surface area contributed by atoms with Gasteiger partial charge in [-0.2, -0.15) is 0 Å². The van der Waals surface area contributed by atoms with Crippen molar-refractivity contribution in [1.29, 1.82) is 0 Å². The number of anilines is 1. The van der Waals surface area contributed by atoms with E-state index in [0.29, 0.717) is 0 Å². The lowest BCUT2D eigenvalue weighted by molar-refractivity contribution is -0.129. The molecule has 2 heterocycles. The second-order valence-electron chi connectivity index (χ2n) is 4.77. The zero-order chi connectivity index (χ0) is 13.0. The predicted octanol–water partition coefficient (Wildman–Crippen LogP) is 1.70. The molecule has 0 saturated carbocycles. The van der Waals surface area contributed by atoms with E-state index in [0.717, 1.165) is 44.8 Å². The Balaban J connectivity index is 2.00. The molecular formula is C14H21N3O. The number of amides is 1. The van der Waals surface area contributed by atoms with Gasteiger partial charge in [0.25, 0.3) is 0 Å². The maximum Gasteiger partial charge on any atom is 0.219 e. The van der Waals surface area contributed by atoms with Crippen LogP contribution in [-0.4, -0.2) is 42.0 Å². The second kappa shape index (κ2) is 5.85. The molecule has 0 bridgehead atoms. The van der Waals surface area contributed by atoms with Crippen LogP contribution in [0.2, 0.25) is 0 Å². The Morgan fingerprint density at radius 3 is 2.67 bits per heavy atom. The van der Waals surface area contributed by atoms with Crippen LogP contribution in [0.5, 0.6) is 0 Å². The van der Waals surface area contributed by atoms with Crippen molar-refractivity contribution in [2.75, 3.05) is 31.1 Å². The van der Waals surface area contributed by atoms with E-state index in [9.17, 15) is 4.79 Å². The van der Waals surface area contributed by atoms with Crippen LogP contribution in [-0.2, 0) is 11.2 Å². The van der Waals surface area contributed by atoms with Gasteiger partial charge < -0.3 is 9.80 Å². The highest BCUT2D eigenvalue weighted by Crippen LogP contribution is 2.16. The molecule has 0 N–H and O–H groups in total. The minimum Gasteiger partial charge on any atom is -0.353 e. The van der Waals surface area contributed by atoms with E-state index in [1.165, 1.54) is 5.56 Å². The van der Waals surface area contributed by atoms with Gasteiger partial charge >= 0.3 is 0 Å². The van der Waals surface area contributed by atoms with Crippen LogP contribution in [0.15, 0.2) is 18.3 Å². The Kier molecular flexibility index (Phi) is 4.18. The van der Waals surface area contributed by atoms with Gasteiger partial charge in [-0.15, -0.1) is 0 Å². The van der Waals surface area contributed by atoms with Gasteiger partial charge in [0, 0.05) is 39.3 Å². The Morgan fingerprint density at radius 2 is 2.06 bits per heavy atom. The van der Waals surface area contributed by atoms with Crippen molar-refractivity contribution in [2.24, 2.45) is 0 Å². The van der Waals surface area contributed by atoms with Crippen LogP contribution in [0, 0.1) is 0 Å². The fraction of sp³-hybridized carbons (Fsp3) is 0.571. The maximum absolute atomic E-state index is 11.3. The number of hydrogen-bond acceptors (Lipinski definition) is 3. The van der Waals surface area contributed by atoms with Gasteiger partial charge in [-0.3, -0.25) is 4.79 Å². The van der Waals surface area contributed by atoms with Gasteiger partial charge in [0.1, 0.15) is 5.82 Å². The van der Waals surface area contributed by atoms with Crippen molar-refractivity contribution in [1.82, 2.24) is 9.88 Å². The van der Waals surface area contributed by atoms with E-state index in [4.69, 9.17) is 0 Å². The molecular weight excluding hydrogens is 226 g/mol. The summed E-state index contributed by atoms with van der Waals surface area (Å²) in [5.41, 5.74) is 1.34. The number of carbonyl (C=O) groups excluding carboxylic acids is 1. The minimum absolute atomic E-state index is 0.169. The smallest absolute Gasteiger partial charge is 0.219 e. The number of carbonyl (C=O) groups is 1. The summed E-state index contributed by atoms with van der Waals surface area (Å²) < 4.78 is 0. The fourth-order valence-corrected chi connectivity index (χ4v) is 2.33. The quantitative estimate of drug-likeness (QED) is 0.815. The number of rotatable bonds is 3. The van der Waals surface area contributed by atoms with Crippen molar-refractivity contribution in [3.63, 3.8) is 0 Å². The molecule has 0 aromatic carbocycles. The van der Waals surface area contributed by atoms with Gasteiger partial charge in [0.2, 0.25) is 5.91 Å². The standard InChI is InChI=1S/C14H21N3O/c1-3-4-13-5-6-15-14(11-13)17-9-7-16(8-10-17)12(2)18/h5-6,11H,3-4,7-10H2,1-2H3. The van der Waals surface area contributed by atoms with Gasteiger partial charge in [-0.05, 0) is 24.1 Å². The zero-order valence-corrected chi connectivity index (χ0v) is 11.2. The molecule has 0 unspecified atom stereocenters. The van der Waals surface area contributed by atoms with Crippen molar-refractivity contribution in [2.45, 2.75) is 26.7 Å². The Hall–Kier alpha value is -1.58. The van der Waals surface area contributed by atoms with Crippen LogP contribution in [0.1, 0.15) is 25.8 Å². The number of pyridine rings is 1. The van der Waals surface area contributed by atoms with Crippen molar-refractivity contribution >= 4 is 11.7 Å².